The van der Waals surface area contributed by atoms with Crippen LogP contribution in [-0.2, 0) is 9.53 Å². The molecule has 1 aliphatic heterocycles. The highest BCUT2D eigenvalue weighted by atomic mass is 32.1. The van der Waals surface area contributed by atoms with Gasteiger partial charge >= 0.3 is 6.03 Å². The molecule has 1 saturated heterocycles. The quantitative estimate of drug-likeness (QED) is 0.716. The van der Waals surface area contributed by atoms with Gasteiger partial charge in [-0.3, -0.25) is 4.79 Å². The maximum Gasteiger partial charge on any atom is 0.318 e. The van der Waals surface area contributed by atoms with Gasteiger partial charge in [-0.15, -0.1) is 12.6 Å². The first-order valence-corrected chi connectivity index (χ1v) is 5.82. The molecule has 16 heavy (non-hydrogen) atoms. The number of amides is 2. The van der Waals surface area contributed by atoms with Gasteiger partial charge in [-0.2, -0.15) is 0 Å². The van der Waals surface area contributed by atoms with Gasteiger partial charge in [-0.25, -0.2) is 4.79 Å². The molecule has 0 aromatic carbocycles. The fourth-order valence-electron chi connectivity index (χ4n) is 1.66. The Morgan fingerprint density at radius 1 is 1.38 bits per heavy atom. The Bertz CT molecular complexity index is 267. The third-order valence-corrected chi connectivity index (χ3v) is 3.06. The Balaban J connectivity index is 2.53. The first-order chi connectivity index (χ1) is 7.56. The van der Waals surface area contributed by atoms with Crippen LogP contribution in [0, 0.1) is 0 Å². The molecule has 92 valence electrons. The Morgan fingerprint density at radius 3 is 2.38 bits per heavy atom. The molecular formula is C10H18N2O3S. The zero-order valence-corrected chi connectivity index (χ0v) is 10.5. The summed E-state index contributed by atoms with van der Waals surface area (Å²) in [5.41, 5.74) is 0. The second kappa shape index (κ2) is 6.10. The molecule has 6 heteroatoms. The number of carbonyl (C=O) groups excluding carboxylic acids is 2. The molecule has 0 radical (unpaired) electrons. The molecule has 0 bridgehead atoms. The van der Waals surface area contributed by atoms with Crippen LogP contribution in [0.5, 0.6) is 0 Å². The monoisotopic (exact) mass is 246 g/mol. The van der Waals surface area contributed by atoms with Crippen LogP contribution in [0.4, 0.5) is 4.79 Å². The number of hydrogen-bond acceptors (Lipinski definition) is 3. The molecule has 0 aromatic heterocycles. The molecule has 1 aliphatic rings. The van der Waals surface area contributed by atoms with Gasteiger partial charge in [0.05, 0.1) is 6.10 Å². The highest BCUT2D eigenvalue weighted by molar-refractivity contribution is 7.96. The van der Waals surface area contributed by atoms with E-state index in [-0.39, 0.29) is 17.3 Å². The third kappa shape index (κ3) is 3.38. The van der Waals surface area contributed by atoms with E-state index in [1.807, 2.05) is 0 Å². The molecule has 0 saturated carbocycles. The van der Waals surface area contributed by atoms with Crippen LogP contribution in [0.3, 0.4) is 0 Å². The van der Waals surface area contributed by atoms with E-state index >= 15 is 0 Å². The lowest BCUT2D eigenvalue weighted by molar-refractivity contribution is -0.115. The van der Waals surface area contributed by atoms with Crippen molar-refractivity contribution >= 4 is 23.8 Å². The lowest BCUT2D eigenvalue weighted by Gasteiger charge is -2.24. The van der Waals surface area contributed by atoms with Crippen molar-refractivity contribution in [1.82, 2.24) is 10.2 Å². The predicted octanol–water partition coefficient (Wildman–Crippen LogP) is 0.652. The number of likely N-dealkylation sites (tertiary alicyclic amines) is 1. The van der Waals surface area contributed by atoms with Gasteiger partial charge in [-0.1, -0.05) is 0 Å². The van der Waals surface area contributed by atoms with E-state index in [2.05, 4.69) is 17.9 Å². The lowest BCUT2D eigenvalue weighted by Crippen LogP contribution is -2.51. The minimum Gasteiger partial charge on any atom is -0.379 e. The number of rotatable bonds is 4. The number of nitrogens with one attached hydrogen (secondary N) is 1. The minimum atomic E-state index is -0.693. The van der Waals surface area contributed by atoms with Gasteiger partial charge in [0.25, 0.3) is 0 Å². The van der Waals surface area contributed by atoms with E-state index in [0.29, 0.717) is 0 Å². The van der Waals surface area contributed by atoms with Crippen molar-refractivity contribution < 1.29 is 14.3 Å². The molecule has 0 spiro atoms. The first-order valence-electron chi connectivity index (χ1n) is 5.37. The normalized spacial score (nSPS) is 19.3. The average molecular weight is 246 g/mol. The van der Waals surface area contributed by atoms with Crippen molar-refractivity contribution in [2.24, 2.45) is 0 Å². The van der Waals surface area contributed by atoms with Gasteiger partial charge in [0, 0.05) is 20.2 Å². The van der Waals surface area contributed by atoms with Crippen LogP contribution in [0.15, 0.2) is 0 Å². The Hall–Kier alpha value is -0.750. The van der Waals surface area contributed by atoms with Crippen molar-refractivity contribution in [3.63, 3.8) is 0 Å². The van der Waals surface area contributed by atoms with Gasteiger partial charge in [0.15, 0.2) is 0 Å². The number of urea groups is 1. The Morgan fingerprint density at radius 2 is 1.94 bits per heavy atom. The van der Waals surface area contributed by atoms with Gasteiger partial charge in [0.1, 0.15) is 6.04 Å². The third-order valence-electron chi connectivity index (χ3n) is 2.78. The average Bonchev–Trinajstić information content (AvgIpc) is 2.77. The number of hydrogen-bond donors (Lipinski definition) is 2. The minimum absolute atomic E-state index is 0.214. The van der Waals surface area contributed by atoms with Crippen molar-refractivity contribution in [2.45, 2.75) is 31.9 Å². The van der Waals surface area contributed by atoms with E-state index in [1.165, 1.54) is 7.11 Å². The molecule has 1 rings (SSSR count). The molecule has 2 atom stereocenters. The van der Waals surface area contributed by atoms with Crippen LogP contribution in [0.2, 0.25) is 0 Å². The van der Waals surface area contributed by atoms with Crippen molar-refractivity contribution in [1.29, 1.82) is 0 Å². The van der Waals surface area contributed by atoms with Crippen LogP contribution >= 0.6 is 12.6 Å². The fourth-order valence-corrected chi connectivity index (χ4v) is 1.93. The number of thiol groups is 1. The van der Waals surface area contributed by atoms with E-state index in [9.17, 15) is 9.59 Å². The summed E-state index contributed by atoms with van der Waals surface area (Å²) in [7, 11) is 1.50. The summed E-state index contributed by atoms with van der Waals surface area (Å²) < 4.78 is 5.03. The van der Waals surface area contributed by atoms with Gasteiger partial charge in [0.2, 0.25) is 5.12 Å². The number of carbonyl (C=O) groups is 2. The number of nitrogens with zero attached hydrogens (tertiary/aromatic N) is 1. The van der Waals surface area contributed by atoms with Crippen LogP contribution in [0.1, 0.15) is 19.8 Å². The largest absolute Gasteiger partial charge is 0.379 e. The second-order valence-electron chi connectivity index (χ2n) is 3.90. The van der Waals surface area contributed by atoms with E-state index in [0.717, 1.165) is 25.9 Å². The lowest BCUT2D eigenvalue weighted by atomic mass is 10.2. The summed E-state index contributed by atoms with van der Waals surface area (Å²) in [5, 5.41) is 2.26. The Kier molecular flexibility index (Phi) is 5.08. The van der Waals surface area contributed by atoms with Crippen molar-refractivity contribution in [2.75, 3.05) is 20.2 Å². The molecule has 2 amide bonds. The van der Waals surface area contributed by atoms with E-state index in [4.69, 9.17) is 4.74 Å². The molecule has 1 heterocycles. The van der Waals surface area contributed by atoms with Gasteiger partial charge in [-0.05, 0) is 19.8 Å². The van der Waals surface area contributed by atoms with Crippen molar-refractivity contribution in [3.8, 4) is 0 Å². The molecule has 1 fully saturated rings. The molecule has 0 unspecified atom stereocenters. The smallest absolute Gasteiger partial charge is 0.318 e. The highest BCUT2D eigenvalue weighted by Gasteiger charge is 2.27. The summed E-state index contributed by atoms with van der Waals surface area (Å²) in [4.78, 5) is 24.7. The predicted molar refractivity (Wildman–Crippen MR) is 63.6 cm³/mol. The second-order valence-corrected chi connectivity index (χ2v) is 4.34. The molecule has 1 N–H and O–H groups in total. The van der Waals surface area contributed by atoms with Gasteiger partial charge < -0.3 is 15.0 Å². The number of methoxy groups -OCH3 is 1. The zero-order chi connectivity index (χ0) is 12.1. The number of ether oxygens (including phenoxy) is 1. The van der Waals surface area contributed by atoms with Crippen LogP contribution in [0.25, 0.3) is 0 Å². The fraction of sp³-hybridized carbons (Fsp3) is 0.800. The Labute approximate surface area is 101 Å². The molecule has 0 aliphatic carbocycles. The SMILES string of the molecule is CO[C@H](C)[C@H](NC(=O)N1CCCC1)C(=O)S. The van der Waals surface area contributed by atoms with Crippen LogP contribution < -0.4 is 5.32 Å². The molecule has 5 nitrogen and oxygen atoms in total. The summed E-state index contributed by atoms with van der Waals surface area (Å²) in [6.07, 6.45) is 1.66. The maximum absolute atomic E-state index is 11.8. The first kappa shape index (κ1) is 13.3. The van der Waals surface area contributed by atoms with Crippen LogP contribution in [-0.4, -0.2) is 48.4 Å². The summed E-state index contributed by atoms with van der Waals surface area (Å²) in [6, 6.07) is -0.907. The topological polar surface area (TPSA) is 58.6 Å². The summed E-state index contributed by atoms with van der Waals surface area (Å²) >= 11 is 3.75. The zero-order valence-electron chi connectivity index (χ0n) is 9.60. The van der Waals surface area contributed by atoms with E-state index < -0.39 is 6.04 Å². The molecule has 0 aromatic rings. The van der Waals surface area contributed by atoms with E-state index in [1.54, 1.807) is 11.8 Å². The molecular weight excluding hydrogens is 228 g/mol. The highest BCUT2D eigenvalue weighted by Crippen LogP contribution is 2.09. The van der Waals surface area contributed by atoms with Crippen molar-refractivity contribution in [3.05, 3.63) is 0 Å². The maximum atomic E-state index is 11.8. The summed E-state index contributed by atoms with van der Waals surface area (Å²) in [5.74, 6) is 0. The standard InChI is InChI=1S/C10H18N2O3S/c1-7(15-2)8(9(13)16)11-10(14)12-5-3-4-6-12/h7-8H,3-6H2,1-2H3,(H,11,14)(H,13,16)/t7-,8+/m1/s1. The summed E-state index contributed by atoms with van der Waals surface area (Å²) in [6.45, 7) is 3.23.